The minimum absolute atomic E-state index is 0.0244. The van der Waals surface area contributed by atoms with Gasteiger partial charge in [0.2, 0.25) is 0 Å². The van der Waals surface area contributed by atoms with Gasteiger partial charge in [-0.2, -0.15) is 0 Å². The number of non-ortho nitro benzene ring substituents is 1. The molecule has 0 saturated heterocycles. The molecule has 0 aliphatic rings. The summed E-state index contributed by atoms with van der Waals surface area (Å²) in [5.41, 5.74) is 0.0261. The third-order valence-electron chi connectivity index (χ3n) is 4.64. The molecule has 2 rings (SSSR count). The van der Waals surface area contributed by atoms with Crippen molar-refractivity contribution >= 4 is 23.8 Å². The van der Waals surface area contributed by atoms with Crippen molar-refractivity contribution in [1.82, 2.24) is 10.6 Å². The third kappa shape index (κ3) is 10.9. The number of amides is 2. The second-order valence-electron chi connectivity index (χ2n) is 8.86. The maximum absolute atomic E-state index is 12.8. The second-order valence-corrected chi connectivity index (χ2v) is 8.86. The van der Waals surface area contributed by atoms with Gasteiger partial charge in [0.1, 0.15) is 24.0 Å². The minimum Gasteiger partial charge on any atom is -0.445 e. The predicted molar refractivity (Wildman–Crippen MR) is 130 cm³/mol. The maximum atomic E-state index is 12.8. The largest absolute Gasteiger partial charge is 0.445 e. The van der Waals surface area contributed by atoms with E-state index in [4.69, 9.17) is 14.2 Å². The predicted octanol–water partition coefficient (Wildman–Crippen LogP) is 4.49. The molecular formula is C25H31N3O8. The van der Waals surface area contributed by atoms with E-state index in [1.165, 1.54) is 24.3 Å². The van der Waals surface area contributed by atoms with Crippen LogP contribution in [0.3, 0.4) is 0 Å². The molecule has 2 aromatic rings. The van der Waals surface area contributed by atoms with E-state index in [-0.39, 0.29) is 24.5 Å². The Morgan fingerprint density at radius 1 is 0.972 bits per heavy atom. The highest BCUT2D eigenvalue weighted by atomic mass is 16.6. The van der Waals surface area contributed by atoms with Crippen LogP contribution in [0, 0.1) is 10.1 Å². The number of ether oxygens (including phenoxy) is 3. The fraction of sp³-hybridized carbons (Fsp3) is 0.400. The smallest absolute Gasteiger partial charge is 0.408 e. The van der Waals surface area contributed by atoms with Gasteiger partial charge in [-0.25, -0.2) is 14.4 Å². The Balaban J connectivity index is 1.92. The van der Waals surface area contributed by atoms with Crippen molar-refractivity contribution in [2.45, 2.75) is 58.3 Å². The van der Waals surface area contributed by atoms with Crippen molar-refractivity contribution in [2.75, 3.05) is 6.54 Å². The summed E-state index contributed by atoms with van der Waals surface area (Å²) in [5.74, 6) is -0.651. The van der Waals surface area contributed by atoms with Crippen LogP contribution >= 0.6 is 0 Å². The Morgan fingerprint density at radius 3 is 2.25 bits per heavy atom. The van der Waals surface area contributed by atoms with Crippen LogP contribution in [-0.2, 0) is 20.9 Å². The van der Waals surface area contributed by atoms with E-state index in [9.17, 15) is 24.5 Å². The van der Waals surface area contributed by atoms with E-state index >= 15 is 0 Å². The van der Waals surface area contributed by atoms with Crippen LogP contribution in [0.15, 0.2) is 54.6 Å². The van der Waals surface area contributed by atoms with E-state index in [1.54, 1.807) is 32.9 Å². The van der Waals surface area contributed by atoms with Gasteiger partial charge in [-0.15, -0.1) is 0 Å². The zero-order valence-corrected chi connectivity index (χ0v) is 20.5. The van der Waals surface area contributed by atoms with Crippen molar-refractivity contribution in [2.24, 2.45) is 0 Å². The zero-order valence-electron chi connectivity index (χ0n) is 20.5. The first kappa shape index (κ1) is 28.1. The number of unbranched alkanes of at least 4 members (excludes halogenated alkanes) is 1. The molecule has 0 heterocycles. The number of hydrogen-bond acceptors (Lipinski definition) is 8. The first-order valence-corrected chi connectivity index (χ1v) is 11.4. The number of nitro benzene ring substituents is 1. The fourth-order valence-corrected chi connectivity index (χ4v) is 2.96. The van der Waals surface area contributed by atoms with Crippen LogP contribution < -0.4 is 15.4 Å². The molecule has 194 valence electrons. The Bertz CT molecular complexity index is 1020. The number of benzene rings is 2. The van der Waals surface area contributed by atoms with Gasteiger partial charge in [0, 0.05) is 18.7 Å². The van der Waals surface area contributed by atoms with Crippen LogP contribution in [0.25, 0.3) is 0 Å². The van der Waals surface area contributed by atoms with Gasteiger partial charge < -0.3 is 24.8 Å². The summed E-state index contributed by atoms with van der Waals surface area (Å²) in [4.78, 5) is 47.1. The first-order valence-electron chi connectivity index (χ1n) is 11.4. The van der Waals surface area contributed by atoms with Crippen LogP contribution in [-0.4, -0.2) is 41.3 Å². The number of esters is 1. The van der Waals surface area contributed by atoms with E-state index in [0.717, 1.165) is 5.56 Å². The van der Waals surface area contributed by atoms with Crippen molar-refractivity contribution in [1.29, 1.82) is 0 Å². The SMILES string of the molecule is CC(C)(C)OC(=O)NCCCCC(NC(=O)OCc1ccccc1)C(=O)Oc1ccc([N+](=O)[O-])cc1. The van der Waals surface area contributed by atoms with Gasteiger partial charge in [-0.1, -0.05) is 30.3 Å². The lowest BCUT2D eigenvalue weighted by Gasteiger charge is -2.20. The molecule has 0 aliphatic heterocycles. The van der Waals surface area contributed by atoms with Gasteiger partial charge in [-0.3, -0.25) is 10.1 Å². The normalized spacial score (nSPS) is 11.6. The zero-order chi connectivity index (χ0) is 26.6. The maximum Gasteiger partial charge on any atom is 0.408 e. The molecule has 1 unspecified atom stereocenters. The fourth-order valence-electron chi connectivity index (χ4n) is 2.96. The van der Waals surface area contributed by atoms with Crippen molar-refractivity contribution in [3.8, 4) is 5.75 Å². The molecule has 0 aromatic heterocycles. The number of rotatable bonds is 11. The highest BCUT2D eigenvalue weighted by Crippen LogP contribution is 2.18. The summed E-state index contributed by atoms with van der Waals surface area (Å²) in [7, 11) is 0. The molecule has 36 heavy (non-hydrogen) atoms. The Labute approximate surface area is 209 Å². The molecule has 2 N–H and O–H groups in total. The summed E-state index contributed by atoms with van der Waals surface area (Å²) in [6.45, 7) is 5.62. The number of nitro groups is 1. The number of carbonyl (C=O) groups excluding carboxylic acids is 3. The summed E-state index contributed by atoms with van der Waals surface area (Å²) in [5, 5.41) is 16.0. The Kier molecular flexibility index (Phi) is 10.7. The molecule has 2 aromatic carbocycles. The van der Waals surface area contributed by atoms with E-state index in [0.29, 0.717) is 19.4 Å². The molecule has 0 saturated carbocycles. The summed E-state index contributed by atoms with van der Waals surface area (Å²) < 4.78 is 15.7. The van der Waals surface area contributed by atoms with E-state index in [1.807, 2.05) is 18.2 Å². The topological polar surface area (TPSA) is 146 Å². The van der Waals surface area contributed by atoms with Gasteiger partial charge in [0.05, 0.1) is 4.92 Å². The van der Waals surface area contributed by atoms with Crippen molar-refractivity contribution in [3.05, 3.63) is 70.3 Å². The van der Waals surface area contributed by atoms with Gasteiger partial charge in [-0.05, 0) is 57.7 Å². The summed E-state index contributed by atoms with van der Waals surface area (Å²) in [6.07, 6.45) is -0.145. The second kappa shape index (κ2) is 13.7. The molecule has 1 atom stereocenters. The lowest BCUT2D eigenvalue weighted by Crippen LogP contribution is -2.43. The van der Waals surface area contributed by atoms with Crippen molar-refractivity contribution < 1.29 is 33.5 Å². The van der Waals surface area contributed by atoms with Crippen molar-refractivity contribution in [3.63, 3.8) is 0 Å². The van der Waals surface area contributed by atoms with Gasteiger partial charge in [0.25, 0.3) is 5.69 Å². The van der Waals surface area contributed by atoms with Gasteiger partial charge >= 0.3 is 18.2 Å². The van der Waals surface area contributed by atoms with E-state index in [2.05, 4.69) is 10.6 Å². The standard InChI is InChI=1S/C25H31N3O8/c1-25(2,3)36-23(30)26-16-8-7-11-21(27-24(31)34-17-18-9-5-4-6-10-18)22(29)35-20-14-12-19(13-15-20)28(32)33/h4-6,9-10,12-15,21H,7-8,11,16-17H2,1-3H3,(H,26,30)(H,27,31). The first-order chi connectivity index (χ1) is 17.0. The van der Waals surface area contributed by atoms with Crippen LogP contribution in [0.5, 0.6) is 5.75 Å². The molecule has 0 radical (unpaired) electrons. The number of nitrogens with one attached hydrogen (secondary N) is 2. The number of nitrogens with zero attached hydrogens (tertiary/aromatic N) is 1. The lowest BCUT2D eigenvalue weighted by molar-refractivity contribution is -0.384. The number of alkyl carbamates (subject to hydrolysis) is 2. The molecule has 11 nitrogen and oxygen atoms in total. The summed E-state index contributed by atoms with van der Waals surface area (Å²) >= 11 is 0. The van der Waals surface area contributed by atoms with Gasteiger partial charge in [0.15, 0.2) is 0 Å². The van der Waals surface area contributed by atoms with Crippen LogP contribution in [0.4, 0.5) is 15.3 Å². The lowest BCUT2D eigenvalue weighted by atomic mass is 10.1. The highest BCUT2D eigenvalue weighted by Gasteiger charge is 2.24. The molecular weight excluding hydrogens is 470 g/mol. The minimum atomic E-state index is -1.04. The molecule has 0 spiro atoms. The van der Waals surface area contributed by atoms with Crippen LogP contribution in [0.1, 0.15) is 45.6 Å². The van der Waals surface area contributed by atoms with E-state index < -0.39 is 34.7 Å². The quantitative estimate of drug-likeness (QED) is 0.151. The third-order valence-corrected chi connectivity index (χ3v) is 4.64. The molecule has 0 fully saturated rings. The average Bonchev–Trinajstić information content (AvgIpc) is 2.81. The molecule has 2 amide bonds. The highest BCUT2D eigenvalue weighted by molar-refractivity contribution is 5.83. The Morgan fingerprint density at radius 2 is 1.64 bits per heavy atom. The molecule has 0 aliphatic carbocycles. The molecule has 0 bridgehead atoms. The average molecular weight is 502 g/mol. The van der Waals surface area contributed by atoms with Crippen LogP contribution in [0.2, 0.25) is 0 Å². The Hall–Kier alpha value is -4.15. The number of hydrogen-bond donors (Lipinski definition) is 2. The number of carbonyl (C=O) groups is 3. The monoisotopic (exact) mass is 501 g/mol. The molecule has 11 heteroatoms. The summed E-state index contributed by atoms with van der Waals surface area (Å²) in [6, 6.07) is 13.0.